The van der Waals surface area contributed by atoms with Crippen LogP contribution in [-0.2, 0) is 31.8 Å². The Morgan fingerprint density at radius 2 is 1.50 bits per heavy atom. The monoisotopic (exact) mass is 542 g/mol. The van der Waals surface area contributed by atoms with Gasteiger partial charge < -0.3 is 10.4 Å². The Labute approximate surface area is 205 Å². The van der Waals surface area contributed by atoms with Gasteiger partial charge in [0.2, 0.25) is 10.0 Å². The minimum Gasteiger partial charge on any atom is -0.506 e. The fraction of sp³-hybridized carbons (Fsp3) is 0.174. The molecule has 0 heterocycles. The molecule has 36 heavy (non-hydrogen) atoms. The Bertz CT molecular complexity index is 1520. The third-order valence-electron chi connectivity index (χ3n) is 4.86. The number of sulfone groups is 1. The summed E-state index contributed by atoms with van der Waals surface area (Å²) in [5.74, 6) is -1.61. The Balaban J connectivity index is 1.96. The van der Waals surface area contributed by atoms with E-state index in [4.69, 9.17) is 0 Å². The summed E-state index contributed by atoms with van der Waals surface area (Å²) in [5.41, 5.74) is -0.00649. The fourth-order valence-electron chi connectivity index (χ4n) is 3.34. The lowest BCUT2D eigenvalue weighted by atomic mass is 9.98. The number of alkyl halides is 3. The number of amides is 1. The number of carbonyl (C=O) groups is 1. The summed E-state index contributed by atoms with van der Waals surface area (Å²) in [7, 11) is -7.32. The highest BCUT2D eigenvalue weighted by Crippen LogP contribution is 2.32. The maximum absolute atomic E-state index is 13.0. The predicted molar refractivity (Wildman–Crippen MR) is 130 cm³/mol. The van der Waals surface area contributed by atoms with Crippen molar-refractivity contribution in [2.75, 3.05) is 22.6 Å². The second-order valence-corrected chi connectivity index (χ2v) is 12.0. The molecule has 13 heteroatoms. The number of anilines is 2. The highest BCUT2D eigenvalue weighted by Gasteiger charge is 2.30. The van der Waals surface area contributed by atoms with Crippen molar-refractivity contribution in [3.8, 4) is 16.9 Å². The van der Waals surface area contributed by atoms with Crippen molar-refractivity contribution < 1.29 is 39.9 Å². The zero-order valence-electron chi connectivity index (χ0n) is 18.9. The molecule has 0 aliphatic carbocycles. The van der Waals surface area contributed by atoms with E-state index in [2.05, 4.69) is 10.0 Å². The number of halogens is 3. The molecular weight excluding hydrogens is 521 g/mol. The molecule has 0 radical (unpaired) electrons. The number of phenols is 1. The highest BCUT2D eigenvalue weighted by molar-refractivity contribution is 7.92. The van der Waals surface area contributed by atoms with Gasteiger partial charge in [0.05, 0.1) is 23.3 Å². The molecule has 3 aromatic rings. The summed E-state index contributed by atoms with van der Waals surface area (Å²) in [6, 6.07) is 12.2. The van der Waals surface area contributed by atoms with Crippen molar-refractivity contribution in [2.24, 2.45) is 0 Å². The molecule has 192 valence electrons. The van der Waals surface area contributed by atoms with Crippen molar-refractivity contribution in [2.45, 2.75) is 11.9 Å². The summed E-state index contributed by atoms with van der Waals surface area (Å²) in [6.07, 6.45) is -2.65. The fourth-order valence-corrected chi connectivity index (χ4v) is 4.71. The van der Waals surface area contributed by atoms with Gasteiger partial charge in [-0.05, 0) is 59.2 Å². The number of carbonyl (C=O) groups excluding carboxylic acids is 1. The van der Waals surface area contributed by atoms with Gasteiger partial charge in [0.25, 0.3) is 5.91 Å². The molecular formula is C23H21F3N2O6S2. The van der Waals surface area contributed by atoms with Gasteiger partial charge in [0.15, 0.2) is 9.84 Å². The minimum atomic E-state index is -4.51. The van der Waals surface area contributed by atoms with E-state index in [1.807, 2.05) is 0 Å². The quantitative estimate of drug-likeness (QED) is 0.302. The molecule has 0 saturated heterocycles. The molecule has 0 bridgehead atoms. The van der Waals surface area contributed by atoms with E-state index in [0.29, 0.717) is 11.1 Å². The molecule has 0 unspecified atom stereocenters. The van der Waals surface area contributed by atoms with Crippen molar-refractivity contribution in [1.82, 2.24) is 0 Å². The second kappa shape index (κ2) is 9.82. The maximum atomic E-state index is 13.0. The SMILES string of the molecule is CS(=O)(=O)Cc1cc(-c2ccc(C(F)(F)F)cc2)ccc1C(=O)Nc1ccc(O)c(NS(C)(=O)=O)c1. The molecule has 0 saturated carbocycles. The number of nitrogens with one attached hydrogen (secondary N) is 2. The molecule has 3 rings (SSSR count). The molecule has 8 nitrogen and oxygen atoms in total. The lowest BCUT2D eigenvalue weighted by Gasteiger charge is -2.14. The average Bonchev–Trinajstić information content (AvgIpc) is 2.73. The molecule has 3 aromatic carbocycles. The Morgan fingerprint density at radius 3 is 2.06 bits per heavy atom. The van der Waals surface area contributed by atoms with E-state index in [-0.39, 0.29) is 28.3 Å². The molecule has 0 aliphatic rings. The smallest absolute Gasteiger partial charge is 0.416 e. The van der Waals surface area contributed by atoms with Crippen molar-refractivity contribution in [1.29, 1.82) is 0 Å². The highest BCUT2D eigenvalue weighted by atomic mass is 32.2. The zero-order chi connectivity index (χ0) is 26.9. The molecule has 0 aliphatic heterocycles. The summed E-state index contributed by atoms with van der Waals surface area (Å²) in [6.45, 7) is 0. The van der Waals surface area contributed by atoms with E-state index in [0.717, 1.165) is 30.7 Å². The van der Waals surface area contributed by atoms with Crippen LogP contribution < -0.4 is 10.0 Å². The number of aromatic hydroxyl groups is 1. The van der Waals surface area contributed by atoms with E-state index in [9.17, 15) is 39.9 Å². The first-order chi connectivity index (χ1) is 16.5. The van der Waals surface area contributed by atoms with Crippen LogP contribution in [0.1, 0.15) is 21.5 Å². The first-order valence-electron chi connectivity index (χ1n) is 10.1. The number of hydrogen-bond donors (Lipinski definition) is 3. The zero-order valence-corrected chi connectivity index (χ0v) is 20.6. The van der Waals surface area contributed by atoms with Gasteiger partial charge >= 0.3 is 6.18 Å². The topological polar surface area (TPSA) is 130 Å². The van der Waals surface area contributed by atoms with Crippen LogP contribution in [0.25, 0.3) is 11.1 Å². The van der Waals surface area contributed by atoms with Gasteiger partial charge in [-0.25, -0.2) is 16.8 Å². The van der Waals surface area contributed by atoms with Crippen LogP contribution in [-0.4, -0.2) is 40.4 Å². The second-order valence-electron chi connectivity index (χ2n) is 8.08. The Morgan fingerprint density at radius 1 is 0.889 bits per heavy atom. The lowest BCUT2D eigenvalue weighted by molar-refractivity contribution is -0.137. The normalized spacial score (nSPS) is 12.2. The largest absolute Gasteiger partial charge is 0.506 e. The number of rotatable bonds is 7. The van der Waals surface area contributed by atoms with Crippen LogP contribution in [0.3, 0.4) is 0 Å². The molecule has 1 amide bonds. The van der Waals surface area contributed by atoms with Gasteiger partial charge in [0, 0.05) is 17.5 Å². The molecule has 0 atom stereocenters. The van der Waals surface area contributed by atoms with Crippen molar-refractivity contribution in [3.63, 3.8) is 0 Å². The van der Waals surface area contributed by atoms with Crippen LogP contribution in [0.15, 0.2) is 60.7 Å². The minimum absolute atomic E-state index is 0.0122. The van der Waals surface area contributed by atoms with E-state index in [1.165, 1.54) is 42.5 Å². The summed E-state index contributed by atoms with van der Waals surface area (Å²) in [4.78, 5) is 13.0. The van der Waals surface area contributed by atoms with Crippen molar-refractivity contribution >= 4 is 37.1 Å². The average molecular weight is 543 g/mol. The molecule has 0 aromatic heterocycles. The van der Waals surface area contributed by atoms with E-state index < -0.39 is 43.3 Å². The first kappa shape index (κ1) is 27.0. The standard InChI is InChI=1S/C23H21F3N2O6S2/c1-35(31,32)13-16-11-15(14-3-6-17(7-4-14)23(24,25)26)5-9-19(16)22(30)27-18-8-10-21(29)20(12-18)28-36(2,33)34/h3-12,28-29H,13H2,1-2H3,(H,27,30). The third kappa shape index (κ3) is 7.21. The number of phenolic OH excluding ortho intramolecular Hbond substituents is 1. The van der Waals surface area contributed by atoms with Gasteiger partial charge in [0.1, 0.15) is 5.75 Å². The predicted octanol–water partition coefficient (Wildman–Crippen LogP) is 4.25. The van der Waals surface area contributed by atoms with E-state index >= 15 is 0 Å². The third-order valence-corrected chi connectivity index (χ3v) is 6.29. The summed E-state index contributed by atoms with van der Waals surface area (Å²) >= 11 is 0. The van der Waals surface area contributed by atoms with Gasteiger partial charge in [-0.2, -0.15) is 13.2 Å². The molecule has 0 fully saturated rings. The van der Waals surface area contributed by atoms with Gasteiger partial charge in [-0.3, -0.25) is 9.52 Å². The Kier molecular flexibility index (Phi) is 7.37. The van der Waals surface area contributed by atoms with Gasteiger partial charge in [-0.1, -0.05) is 18.2 Å². The van der Waals surface area contributed by atoms with Crippen LogP contribution >= 0.6 is 0 Å². The summed E-state index contributed by atoms with van der Waals surface area (Å²) in [5, 5.41) is 12.4. The molecule has 0 spiro atoms. The van der Waals surface area contributed by atoms with Gasteiger partial charge in [-0.15, -0.1) is 0 Å². The Hall–Kier alpha value is -3.58. The maximum Gasteiger partial charge on any atom is 0.416 e. The van der Waals surface area contributed by atoms with Crippen molar-refractivity contribution in [3.05, 3.63) is 77.4 Å². The molecule has 3 N–H and O–H groups in total. The number of hydrogen-bond acceptors (Lipinski definition) is 6. The van der Waals surface area contributed by atoms with Crippen LogP contribution in [0, 0.1) is 0 Å². The number of sulfonamides is 1. The first-order valence-corrected chi connectivity index (χ1v) is 14.1. The lowest BCUT2D eigenvalue weighted by Crippen LogP contribution is -2.16. The van der Waals surface area contributed by atoms with E-state index in [1.54, 1.807) is 0 Å². The van der Waals surface area contributed by atoms with Crippen LogP contribution in [0.4, 0.5) is 24.5 Å². The van der Waals surface area contributed by atoms with Crippen LogP contribution in [0.5, 0.6) is 5.75 Å². The number of benzene rings is 3. The summed E-state index contributed by atoms with van der Waals surface area (Å²) < 4.78 is 87.7. The van der Waals surface area contributed by atoms with Crippen LogP contribution in [0.2, 0.25) is 0 Å².